The Hall–Kier alpha value is -2.32. The van der Waals surface area contributed by atoms with Gasteiger partial charge in [-0.3, -0.25) is 9.59 Å². The van der Waals surface area contributed by atoms with Crippen molar-refractivity contribution < 1.29 is 29.3 Å². The van der Waals surface area contributed by atoms with E-state index >= 15 is 0 Å². The second-order valence-electron chi connectivity index (χ2n) is 11.1. The van der Waals surface area contributed by atoms with Crippen LogP contribution in [0.4, 0.5) is 5.69 Å². The highest BCUT2D eigenvalue weighted by Crippen LogP contribution is 2.69. The largest absolute Gasteiger partial charge is 0.399 e. The van der Waals surface area contributed by atoms with Gasteiger partial charge in [0.1, 0.15) is 13.4 Å². The van der Waals surface area contributed by atoms with Crippen LogP contribution in [-0.2, 0) is 19.1 Å². The number of ether oxygens (including phenoxy) is 2. The number of ketones is 2. The van der Waals surface area contributed by atoms with Gasteiger partial charge in [-0.05, 0) is 61.8 Å². The number of allylic oxidation sites excluding steroid dienone is 4. The quantitative estimate of drug-likeness (QED) is 0.556. The Morgan fingerprint density at radius 3 is 2.63 bits per heavy atom. The molecule has 6 rings (SSSR count). The van der Waals surface area contributed by atoms with Crippen molar-refractivity contribution in [1.82, 2.24) is 0 Å². The van der Waals surface area contributed by atoms with Gasteiger partial charge < -0.3 is 25.4 Å². The molecule has 1 aromatic carbocycles. The van der Waals surface area contributed by atoms with Crippen LogP contribution in [0.15, 0.2) is 54.1 Å². The molecule has 3 saturated carbocycles. The van der Waals surface area contributed by atoms with Gasteiger partial charge in [0.15, 0.2) is 17.2 Å². The van der Waals surface area contributed by atoms with E-state index in [0.717, 1.165) is 24.1 Å². The van der Waals surface area contributed by atoms with E-state index in [-0.39, 0.29) is 47.6 Å². The fraction of sp³-hybridized carbons (Fsp3) is 0.571. The summed E-state index contributed by atoms with van der Waals surface area (Å²) in [6.07, 6.45) is 7.17. The predicted molar refractivity (Wildman–Crippen MR) is 130 cm³/mol. The van der Waals surface area contributed by atoms with Crippen LogP contribution in [0.3, 0.4) is 0 Å². The van der Waals surface area contributed by atoms with Gasteiger partial charge in [-0.15, -0.1) is 0 Å². The minimum Gasteiger partial charge on any atom is -0.399 e. The van der Waals surface area contributed by atoms with Crippen LogP contribution in [0.5, 0.6) is 0 Å². The van der Waals surface area contributed by atoms with Crippen molar-refractivity contribution in [2.75, 3.05) is 19.1 Å². The number of Topliss-reactive ketones (excluding diaryl/α,β-unsaturated/α-hetero) is 1. The lowest BCUT2D eigenvalue weighted by molar-refractivity contribution is -0.185. The van der Waals surface area contributed by atoms with Crippen molar-refractivity contribution in [1.29, 1.82) is 0 Å². The lowest BCUT2D eigenvalue weighted by atomic mass is 9.46. The fourth-order valence-electron chi connectivity index (χ4n) is 8.10. The second-order valence-corrected chi connectivity index (χ2v) is 11.1. The molecule has 7 unspecified atom stereocenters. The molecule has 4 aliphatic carbocycles. The van der Waals surface area contributed by atoms with Crippen LogP contribution in [0, 0.1) is 28.6 Å². The van der Waals surface area contributed by atoms with Gasteiger partial charge in [-0.1, -0.05) is 43.7 Å². The molecular formula is C28H35NO6. The standard InChI is InChI=1S/C22H28O6.C6H7N/c1-20-6-5-13(24)7-12(20)3-4-14-15-8-18-22(17(26)10-23,28-11-27-18)21(15,2)9-16(25)19(14)20;7-6-4-2-1-3-5-6/h5-7,14-16,18-19,23,25H,3-4,8-11H2,1-2H3;1-5H,7H2/t14?,15?,16?,18?,19?,20-,21?,22?;/m1./s1. The number of carbonyl (C=O) groups excluding carboxylic acids is 2. The van der Waals surface area contributed by atoms with E-state index in [1.54, 1.807) is 12.2 Å². The number of para-hydroxylation sites is 1. The molecule has 5 aliphatic rings. The summed E-state index contributed by atoms with van der Waals surface area (Å²) >= 11 is 0. The highest BCUT2D eigenvalue weighted by Gasteiger charge is 2.74. The van der Waals surface area contributed by atoms with E-state index in [1.165, 1.54) is 0 Å². The monoisotopic (exact) mass is 481 g/mol. The van der Waals surface area contributed by atoms with Gasteiger partial charge in [-0.2, -0.15) is 0 Å². The van der Waals surface area contributed by atoms with Crippen molar-refractivity contribution in [3.8, 4) is 0 Å². The molecule has 188 valence electrons. The summed E-state index contributed by atoms with van der Waals surface area (Å²) in [6.45, 7) is 3.63. The number of carbonyl (C=O) groups is 2. The lowest BCUT2D eigenvalue weighted by Crippen LogP contribution is -2.63. The predicted octanol–water partition coefficient (Wildman–Crippen LogP) is 2.82. The smallest absolute Gasteiger partial charge is 0.193 e. The number of nitrogens with two attached hydrogens (primary N) is 1. The van der Waals surface area contributed by atoms with Gasteiger partial charge in [0.25, 0.3) is 0 Å². The van der Waals surface area contributed by atoms with Crippen LogP contribution in [0.25, 0.3) is 0 Å². The molecule has 0 aromatic heterocycles. The normalized spacial score (nSPS) is 43.1. The molecule has 0 radical (unpaired) electrons. The zero-order valence-electron chi connectivity index (χ0n) is 20.4. The van der Waals surface area contributed by atoms with E-state index in [4.69, 9.17) is 15.2 Å². The van der Waals surface area contributed by atoms with E-state index < -0.39 is 23.7 Å². The first-order valence-electron chi connectivity index (χ1n) is 12.5. The summed E-state index contributed by atoms with van der Waals surface area (Å²) in [4.78, 5) is 24.8. The van der Waals surface area contributed by atoms with Crippen molar-refractivity contribution in [3.05, 3.63) is 54.1 Å². The van der Waals surface area contributed by atoms with Crippen LogP contribution in [0.1, 0.15) is 39.5 Å². The molecule has 1 aliphatic heterocycles. The zero-order valence-corrected chi connectivity index (χ0v) is 20.4. The third kappa shape index (κ3) is 3.47. The Kier molecular flexibility index (Phi) is 6.03. The number of hydrogen-bond acceptors (Lipinski definition) is 7. The minimum atomic E-state index is -1.17. The van der Waals surface area contributed by atoms with E-state index in [2.05, 4.69) is 6.92 Å². The summed E-state index contributed by atoms with van der Waals surface area (Å²) in [5.41, 5.74) is 5.19. The summed E-state index contributed by atoms with van der Waals surface area (Å²) in [7, 11) is 0. The molecule has 1 aromatic rings. The Balaban J connectivity index is 0.000000313. The number of aliphatic hydroxyl groups excluding tert-OH is 2. The Morgan fingerprint density at radius 2 is 1.97 bits per heavy atom. The maximum atomic E-state index is 12.9. The molecule has 7 heteroatoms. The minimum absolute atomic E-state index is 0.00460. The molecule has 35 heavy (non-hydrogen) atoms. The molecule has 4 fully saturated rings. The Labute approximate surface area is 206 Å². The van der Waals surface area contributed by atoms with Gasteiger partial charge in [0.2, 0.25) is 0 Å². The van der Waals surface area contributed by atoms with Gasteiger partial charge >= 0.3 is 0 Å². The van der Waals surface area contributed by atoms with Gasteiger partial charge in [0, 0.05) is 22.4 Å². The van der Waals surface area contributed by atoms with Crippen molar-refractivity contribution in [3.63, 3.8) is 0 Å². The third-order valence-electron chi connectivity index (χ3n) is 9.57. The molecule has 1 heterocycles. The number of anilines is 1. The summed E-state index contributed by atoms with van der Waals surface area (Å²) < 4.78 is 11.8. The first-order valence-corrected chi connectivity index (χ1v) is 12.5. The first-order chi connectivity index (χ1) is 16.7. The van der Waals surface area contributed by atoms with Crippen LogP contribution < -0.4 is 5.73 Å². The number of fused-ring (bicyclic) bond motifs is 7. The Bertz CT molecular complexity index is 1070. The van der Waals surface area contributed by atoms with E-state index in [1.807, 2.05) is 43.3 Å². The summed E-state index contributed by atoms with van der Waals surface area (Å²) in [6, 6.07) is 9.49. The number of rotatable bonds is 2. The maximum Gasteiger partial charge on any atom is 0.193 e. The topological polar surface area (TPSA) is 119 Å². The van der Waals surface area contributed by atoms with Crippen LogP contribution in [-0.4, -0.2) is 53.0 Å². The highest BCUT2D eigenvalue weighted by atomic mass is 16.7. The van der Waals surface area contributed by atoms with E-state index in [9.17, 15) is 19.8 Å². The van der Waals surface area contributed by atoms with Crippen LogP contribution >= 0.6 is 0 Å². The molecule has 0 spiro atoms. The third-order valence-corrected chi connectivity index (χ3v) is 9.57. The maximum absolute atomic E-state index is 12.9. The molecule has 0 amide bonds. The number of aliphatic hydroxyl groups is 2. The molecule has 4 N–H and O–H groups in total. The summed E-state index contributed by atoms with van der Waals surface area (Å²) in [5.74, 6) is 0.0400. The van der Waals surface area contributed by atoms with Gasteiger partial charge in [-0.25, -0.2) is 0 Å². The molecule has 1 saturated heterocycles. The van der Waals surface area contributed by atoms with Crippen LogP contribution in [0.2, 0.25) is 0 Å². The van der Waals surface area contributed by atoms with Crippen molar-refractivity contribution in [2.24, 2.45) is 28.6 Å². The van der Waals surface area contributed by atoms with Crippen molar-refractivity contribution >= 4 is 17.3 Å². The van der Waals surface area contributed by atoms with Crippen molar-refractivity contribution in [2.45, 2.75) is 57.3 Å². The number of benzene rings is 1. The van der Waals surface area contributed by atoms with E-state index in [0.29, 0.717) is 12.8 Å². The SMILES string of the molecule is CC12CC(O)C3C(CCC4=CC(=O)C=C[C@]43C)C1CC1OCOC12C(=O)CO.Nc1ccccc1. The number of nitrogen functional groups attached to an aromatic ring is 1. The highest BCUT2D eigenvalue weighted by molar-refractivity contribution is 6.01. The Morgan fingerprint density at radius 1 is 1.23 bits per heavy atom. The second kappa shape index (κ2) is 8.66. The average molecular weight is 482 g/mol. The first kappa shape index (κ1) is 24.4. The fourth-order valence-corrected chi connectivity index (χ4v) is 8.10. The zero-order chi connectivity index (χ0) is 25.0. The molecular weight excluding hydrogens is 446 g/mol. The van der Waals surface area contributed by atoms with Gasteiger partial charge in [0.05, 0.1) is 12.2 Å². The molecule has 7 nitrogen and oxygen atoms in total. The number of hydrogen-bond donors (Lipinski definition) is 3. The lowest BCUT2D eigenvalue weighted by Gasteiger charge is -2.59. The molecule has 8 atom stereocenters. The average Bonchev–Trinajstić information content (AvgIpc) is 3.36. The molecule has 0 bridgehead atoms. The summed E-state index contributed by atoms with van der Waals surface area (Å²) in [5, 5.41) is 21.0.